The van der Waals surface area contributed by atoms with Gasteiger partial charge < -0.3 is 9.84 Å². The zero-order chi connectivity index (χ0) is 13.0. The van der Waals surface area contributed by atoms with Gasteiger partial charge in [0.25, 0.3) is 0 Å². The van der Waals surface area contributed by atoms with E-state index in [1.807, 2.05) is 24.3 Å². The molecule has 100 valence electrons. The largest absolute Gasteiger partial charge is 0.497 e. The second kappa shape index (κ2) is 6.24. The smallest absolute Gasteiger partial charge is 0.118 e. The predicted molar refractivity (Wildman–Crippen MR) is 73.7 cm³/mol. The molecule has 0 heterocycles. The highest BCUT2D eigenvalue weighted by molar-refractivity contribution is 5.28. The maximum absolute atomic E-state index is 10.6. The third-order valence-electron chi connectivity index (χ3n) is 4.36. The van der Waals surface area contributed by atoms with Gasteiger partial charge in [-0.15, -0.1) is 0 Å². The van der Waals surface area contributed by atoms with Crippen molar-refractivity contribution < 1.29 is 9.84 Å². The van der Waals surface area contributed by atoms with Gasteiger partial charge in [0.05, 0.1) is 13.2 Å². The van der Waals surface area contributed by atoms with Crippen LogP contribution in [0.15, 0.2) is 24.3 Å². The molecule has 0 saturated heterocycles. The standard InChI is InChI=1S/C16H24O2/c1-3-12-6-4-5-7-15(12)16(17)13-8-10-14(18-2)11-9-13/h8-12,15-17H,3-7H2,1-2H3. The van der Waals surface area contributed by atoms with Crippen LogP contribution < -0.4 is 4.74 Å². The van der Waals surface area contributed by atoms with Crippen molar-refractivity contribution in [2.45, 2.75) is 45.1 Å². The van der Waals surface area contributed by atoms with E-state index in [9.17, 15) is 5.11 Å². The Kier molecular flexibility index (Phi) is 4.65. The van der Waals surface area contributed by atoms with Crippen molar-refractivity contribution in [3.05, 3.63) is 29.8 Å². The summed E-state index contributed by atoms with van der Waals surface area (Å²) in [5, 5.41) is 10.6. The summed E-state index contributed by atoms with van der Waals surface area (Å²) >= 11 is 0. The lowest BCUT2D eigenvalue weighted by atomic mass is 9.73. The molecule has 0 amide bonds. The third kappa shape index (κ3) is 2.86. The van der Waals surface area contributed by atoms with E-state index in [0.717, 1.165) is 17.7 Å². The molecule has 2 heteroatoms. The monoisotopic (exact) mass is 248 g/mol. The molecule has 0 aromatic heterocycles. The molecule has 3 unspecified atom stereocenters. The molecule has 0 aliphatic heterocycles. The lowest BCUT2D eigenvalue weighted by molar-refractivity contribution is 0.0452. The van der Waals surface area contributed by atoms with Crippen molar-refractivity contribution in [2.24, 2.45) is 11.8 Å². The average Bonchev–Trinajstić information content (AvgIpc) is 2.46. The molecule has 1 aromatic rings. The molecule has 1 saturated carbocycles. The molecule has 3 atom stereocenters. The van der Waals surface area contributed by atoms with Gasteiger partial charge in [0.2, 0.25) is 0 Å². The van der Waals surface area contributed by atoms with E-state index in [0.29, 0.717) is 11.8 Å². The normalized spacial score (nSPS) is 25.7. The molecule has 0 spiro atoms. The first kappa shape index (κ1) is 13.4. The van der Waals surface area contributed by atoms with Crippen LogP contribution in [-0.4, -0.2) is 12.2 Å². The minimum Gasteiger partial charge on any atom is -0.497 e. The highest BCUT2D eigenvalue weighted by Crippen LogP contribution is 2.40. The Morgan fingerprint density at radius 3 is 2.50 bits per heavy atom. The fraction of sp³-hybridized carbons (Fsp3) is 0.625. The summed E-state index contributed by atoms with van der Waals surface area (Å²) < 4.78 is 5.16. The first-order valence-corrected chi connectivity index (χ1v) is 7.08. The molecule has 1 aromatic carbocycles. The Balaban J connectivity index is 2.10. The van der Waals surface area contributed by atoms with Gasteiger partial charge in [-0.2, -0.15) is 0 Å². The van der Waals surface area contributed by atoms with Crippen LogP contribution in [0.1, 0.15) is 50.7 Å². The number of aliphatic hydroxyl groups excluding tert-OH is 1. The number of ether oxygens (including phenoxy) is 1. The molecule has 18 heavy (non-hydrogen) atoms. The lowest BCUT2D eigenvalue weighted by Gasteiger charge is -2.34. The van der Waals surface area contributed by atoms with Crippen molar-refractivity contribution in [1.82, 2.24) is 0 Å². The first-order chi connectivity index (χ1) is 8.76. The van der Waals surface area contributed by atoms with Crippen LogP contribution in [0.2, 0.25) is 0 Å². The molecule has 1 fully saturated rings. The molecular weight excluding hydrogens is 224 g/mol. The van der Waals surface area contributed by atoms with Crippen molar-refractivity contribution in [2.75, 3.05) is 7.11 Å². The number of aliphatic hydroxyl groups is 1. The summed E-state index contributed by atoms with van der Waals surface area (Å²) in [4.78, 5) is 0. The summed E-state index contributed by atoms with van der Waals surface area (Å²) in [5.74, 6) is 1.95. The van der Waals surface area contributed by atoms with Gasteiger partial charge >= 0.3 is 0 Å². The summed E-state index contributed by atoms with van der Waals surface area (Å²) in [6.07, 6.45) is 5.87. The van der Waals surface area contributed by atoms with Gasteiger partial charge in [-0.1, -0.05) is 44.7 Å². The van der Waals surface area contributed by atoms with Crippen LogP contribution in [0.4, 0.5) is 0 Å². The average molecular weight is 248 g/mol. The van der Waals surface area contributed by atoms with Crippen LogP contribution in [0.25, 0.3) is 0 Å². The summed E-state index contributed by atoms with van der Waals surface area (Å²) in [5.41, 5.74) is 1.03. The predicted octanol–water partition coefficient (Wildman–Crippen LogP) is 3.95. The maximum Gasteiger partial charge on any atom is 0.118 e. The minimum atomic E-state index is -0.318. The van der Waals surface area contributed by atoms with Crippen molar-refractivity contribution in [1.29, 1.82) is 0 Å². The molecular formula is C16H24O2. The summed E-state index contributed by atoms with van der Waals surface area (Å²) in [6, 6.07) is 7.85. The lowest BCUT2D eigenvalue weighted by Crippen LogP contribution is -2.25. The zero-order valence-corrected chi connectivity index (χ0v) is 11.4. The van der Waals surface area contributed by atoms with Crippen LogP contribution in [0.5, 0.6) is 5.75 Å². The van der Waals surface area contributed by atoms with Gasteiger partial charge in [-0.05, 0) is 36.0 Å². The highest BCUT2D eigenvalue weighted by atomic mass is 16.5. The summed E-state index contributed by atoms with van der Waals surface area (Å²) in [6.45, 7) is 2.24. The molecule has 0 bridgehead atoms. The Bertz CT molecular complexity index is 358. The van der Waals surface area contributed by atoms with E-state index in [-0.39, 0.29) is 6.10 Å². The van der Waals surface area contributed by atoms with Gasteiger partial charge in [0, 0.05) is 0 Å². The van der Waals surface area contributed by atoms with E-state index in [1.54, 1.807) is 7.11 Å². The van der Waals surface area contributed by atoms with E-state index in [4.69, 9.17) is 4.74 Å². The zero-order valence-electron chi connectivity index (χ0n) is 11.4. The second-order valence-corrected chi connectivity index (χ2v) is 5.33. The van der Waals surface area contributed by atoms with E-state index in [2.05, 4.69) is 6.92 Å². The number of hydrogen-bond donors (Lipinski definition) is 1. The van der Waals surface area contributed by atoms with Crippen molar-refractivity contribution in [3.8, 4) is 5.75 Å². The molecule has 1 aliphatic carbocycles. The van der Waals surface area contributed by atoms with Gasteiger partial charge in [0.15, 0.2) is 0 Å². The van der Waals surface area contributed by atoms with Crippen LogP contribution in [0.3, 0.4) is 0 Å². The Morgan fingerprint density at radius 2 is 1.89 bits per heavy atom. The number of benzene rings is 1. The Labute approximate surface area is 110 Å². The quantitative estimate of drug-likeness (QED) is 0.874. The van der Waals surface area contributed by atoms with Crippen LogP contribution in [-0.2, 0) is 0 Å². The SMILES string of the molecule is CCC1CCCCC1C(O)c1ccc(OC)cc1. The fourth-order valence-corrected chi connectivity index (χ4v) is 3.21. The fourth-order valence-electron chi connectivity index (χ4n) is 3.21. The second-order valence-electron chi connectivity index (χ2n) is 5.33. The third-order valence-corrected chi connectivity index (χ3v) is 4.36. The number of hydrogen-bond acceptors (Lipinski definition) is 2. The van der Waals surface area contributed by atoms with Gasteiger partial charge in [0.1, 0.15) is 5.75 Å². The molecule has 2 rings (SSSR count). The van der Waals surface area contributed by atoms with E-state index < -0.39 is 0 Å². The Hall–Kier alpha value is -1.02. The van der Waals surface area contributed by atoms with E-state index >= 15 is 0 Å². The first-order valence-electron chi connectivity index (χ1n) is 7.08. The Morgan fingerprint density at radius 1 is 1.22 bits per heavy atom. The molecule has 1 aliphatic rings. The van der Waals surface area contributed by atoms with Crippen LogP contribution in [0, 0.1) is 11.8 Å². The molecule has 0 radical (unpaired) electrons. The molecule has 1 N–H and O–H groups in total. The highest BCUT2D eigenvalue weighted by Gasteiger charge is 2.30. The summed E-state index contributed by atoms with van der Waals surface area (Å²) in [7, 11) is 1.67. The number of rotatable bonds is 4. The minimum absolute atomic E-state index is 0.318. The molecule has 2 nitrogen and oxygen atoms in total. The number of methoxy groups -OCH3 is 1. The van der Waals surface area contributed by atoms with E-state index in [1.165, 1.54) is 25.7 Å². The van der Waals surface area contributed by atoms with Crippen molar-refractivity contribution >= 4 is 0 Å². The van der Waals surface area contributed by atoms with Gasteiger partial charge in [-0.3, -0.25) is 0 Å². The van der Waals surface area contributed by atoms with Crippen LogP contribution >= 0.6 is 0 Å². The maximum atomic E-state index is 10.6. The van der Waals surface area contributed by atoms with Gasteiger partial charge in [-0.25, -0.2) is 0 Å². The van der Waals surface area contributed by atoms with Crippen molar-refractivity contribution in [3.63, 3.8) is 0 Å². The topological polar surface area (TPSA) is 29.5 Å².